The van der Waals surface area contributed by atoms with Gasteiger partial charge in [-0.3, -0.25) is 4.79 Å². The Kier molecular flexibility index (Phi) is 2.11. The fraction of sp³-hybridized carbons (Fsp3) is 0.857. The fourth-order valence-electron chi connectivity index (χ4n) is 1.36. The van der Waals surface area contributed by atoms with Gasteiger partial charge in [0.2, 0.25) is 0 Å². The molecule has 1 aliphatic carbocycles. The molecule has 11 heavy (non-hydrogen) atoms. The molecule has 0 bridgehead atoms. The largest absolute Gasteiger partial charge is 0.469 e. The second-order valence-electron chi connectivity index (χ2n) is 2.73. The molecule has 1 aliphatic rings. The number of esters is 1. The van der Waals surface area contributed by atoms with Gasteiger partial charge in [0.05, 0.1) is 7.11 Å². The molecule has 4 heteroatoms. The molecule has 0 heterocycles. The van der Waals surface area contributed by atoms with Gasteiger partial charge in [-0.05, 0) is 12.8 Å². The van der Waals surface area contributed by atoms with Crippen LogP contribution in [0.15, 0.2) is 0 Å². The maximum atomic E-state index is 12.7. The quantitative estimate of drug-likeness (QED) is 0.550. The first-order valence-corrected chi connectivity index (χ1v) is 3.53. The lowest BCUT2D eigenvalue weighted by Gasteiger charge is -2.15. The van der Waals surface area contributed by atoms with Crippen molar-refractivity contribution in [2.24, 2.45) is 5.92 Å². The highest BCUT2D eigenvalue weighted by Gasteiger charge is 2.48. The van der Waals surface area contributed by atoms with E-state index in [1.807, 2.05) is 0 Å². The average molecular weight is 164 g/mol. The predicted octanol–water partition coefficient (Wildman–Crippen LogP) is 1.59. The summed E-state index contributed by atoms with van der Waals surface area (Å²) in [5.41, 5.74) is 0. The van der Waals surface area contributed by atoms with E-state index in [1.54, 1.807) is 0 Å². The van der Waals surface area contributed by atoms with Gasteiger partial charge in [-0.1, -0.05) is 0 Å². The highest BCUT2D eigenvalue weighted by atomic mass is 19.3. The Morgan fingerprint density at radius 1 is 1.64 bits per heavy atom. The van der Waals surface area contributed by atoms with Crippen molar-refractivity contribution in [3.05, 3.63) is 0 Å². The molecule has 2 nitrogen and oxygen atoms in total. The molecule has 0 aromatic heterocycles. The van der Waals surface area contributed by atoms with Crippen LogP contribution in [0.2, 0.25) is 0 Å². The van der Waals surface area contributed by atoms with Crippen LogP contribution in [0.4, 0.5) is 8.78 Å². The molecule has 0 aromatic rings. The molecule has 0 unspecified atom stereocenters. The molecule has 1 saturated carbocycles. The monoisotopic (exact) mass is 164 g/mol. The zero-order valence-electron chi connectivity index (χ0n) is 6.27. The summed E-state index contributed by atoms with van der Waals surface area (Å²) < 4.78 is 29.7. The summed E-state index contributed by atoms with van der Waals surface area (Å²) >= 11 is 0. The number of rotatable bonds is 1. The fourth-order valence-corrected chi connectivity index (χ4v) is 1.36. The second-order valence-corrected chi connectivity index (χ2v) is 2.73. The van der Waals surface area contributed by atoms with Crippen LogP contribution in [-0.2, 0) is 9.53 Å². The first-order chi connectivity index (χ1) is 5.08. The van der Waals surface area contributed by atoms with Gasteiger partial charge in [0.15, 0.2) is 0 Å². The molecule has 0 aliphatic heterocycles. The summed E-state index contributed by atoms with van der Waals surface area (Å²) in [5, 5.41) is 0. The number of hydrogen-bond donors (Lipinski definition) is 0. The molecule has 1 fully saturated rings. The standard InChI is InChI=1S/C7H10F2O2/c1-11-6(10)5-3-2-4-7(5,8)9/h5H,2-4H2,1H3/t5-/m1/s1. The summed E-state index contributed by atoms with van der Waals surface area (Å²) in [6.07, 6.45) is 0.471. The Hall–Kier alpha value is -0.670. The van der Waals surface area contributed by atoms with Crippen molar-refractivity contribution in [2.45, 2.75) is 25.2 Å². The molecule has 0 aromatic carbocycles. The molecular formula is C7H10F2O2. The van der Waals surface area contributed by atoms with Crippen LogP contribution >= 0.6 is 0 Å². The van der Waals surface area contributed by atoms with E-state index in [0.29, 0.717) is 6.42 Å². The Bertz CT molecular complexity index is 168. The number of halogens is 2. The van der Waals surface area contributed by atoms with Crippen molar-refractivity contribution in [2.75, 3.05) is 7.11 Å². The predicted molar refractivity (Wildman–Crippen MR) is 34.3 cm³/mol. The number of carbonyl (C=O) groups excluding carboxylic acids is 1. The maximum absolute atomic E-state index is 12.7. The van der Waals surface area contributed by atoms with Gasteiger partial charge in [0.1, 0.15) is 5.92 Å². The summed E-state index contributed by atoms with van der Waals surface area (Å²) in [6.45, 7) is 0. The van der Waals surface area contributed by atoms with Gasteiger partial charge in [-0.25, -0.2) is 8.78 Å². The SMILES string of the molecule is COC(=O)[C@H]1CCCC1(F)F. The van der Waals surface area contributed by atoms with Crippen molar-refractivity contribution in [1.82, 2.24) is 0 Å². The highest BCUT2D eigenvalue weighted by molar-refractivity contribution is 5.73. The van der Waals surface area contributed by atoms with Crippen LogP contribution in [0.5, 0.6) is 0 Å². The van der Waals surface area contributed by atoms with Gasteiger partial charge >= 0.3 is 5.97 Å². The normalized spacial score (nSPS) is 28.5. The molecule has 0 saturated heterocycles. The van der Waals surface area contributed by atoms with Gasteiger partial charge in [0.25, 0.3) is 5.92 Å². The summed E-state index contributed by atoms with van der Waals surface area (Å²) in [5.74, 6) is -4.83. The minimum Gasteiger partial charge on any atom is -0.469 e. The summed E-state index contributed by atoms with van der Waals surface area (Å²) in [4.78, 5) is 10.7. The van der Waals surface area contributed by atoms with Crippen LogP contribution < -0.4 is 0 Å². The van der Waals surface area contributed by atoms with E-state index in [0.717, 1.165) is 7.11 Å². The molecule has 0 amide bonds. The van der Waals surface area contributed by atoms with Crippen LogP contribution in [0.3, 0.4) is 0 Å². The molecule has 0 N–H and O–H groups in total. The van der Waals surface area contributed by atoms with Crippen LogP contribution in [0.1, 0.15) is 19.3 Å². The number of carbonyl (C=O) groups is 1. The van der Waals surface area contributed by atoms with E-state index in [9.17, 15) is 13.6 Å². The minimum absolute atomic E-state index is 0.188. The molecule has 1 atom stereocenters. The third-order valence-electron chi connectivity index (χ3n) is 2.00. The Morgan fingerprint density at radius 3 is 2.64 bits per heavy atom. The van der Waals surface area contributed by atoms with Crippen LogP contribution in [0, 0.1) is 5.92 Å². The van der Waals surface area contributed by atoms with E-state index in [1.165, 1.54) is 0 Å². The van der Waals surface area contributed by atoms with Gasteiger partial charge in [-0.15, -0.1) is 0 Å². The molecule has 0 radical (unpaired) electrons. The molecule has 64 valence electrons. The first kappa shape index (κ1) is 8.43. The number of alkyl halides is 2. The van der Waals surface area contributed by atoms with Crippen molar-refractivity contribution >= 4 is 5.97 Å². The Balaban J connectivity index is 2.64. The number of hydrogen-bond acceptors (Lipinski definition) is 2. The lowest BCUT2D eigenvalue weighted by Crippen LogP contribution is -2.29. The van der Waals surface area contributed by atoms with Crippen molar-refractivity contribution < 1.29 is 18.3 Å². The average Bonchev–Trinajstić information content (AvgIpc) is 2.28. The van der Waals surface area contributed by atoms with Crippen LogP contribution in [-0.4, -0.2) is 19.0 Å². The van der Waals surface area contributed by atoms with E-state index in [-0.39, 0.29) is 12.8 Å². The third-order valence-corrected chi connectivity index (χ3v) is 2.00. The lowest BCUT2D eigenvalue weighted by atomic mass is 10.1. The zero-order chi connectivity index (χ0) is 8.48. The van der Waals surface area contributed by atoms with Gasteiger partial charge in [-0.2, -0.15) is 0 Å². The van der Waals surface area contributed by atoms with E-state index >= 15 is 0 Å². The lowest BCUT2D eigenvalue weighted by molar-refractivity contribution is -0.156. The highest BCUT2D eigenvalue weighted by Crippen LogP contribution is 2.40. The van der Waals surface area contributed by atoms with E-state index in [2.05, 4.69) is 4.74 Å². The minimum atomic E-state index is -2.84. The maximum Gasteiger partial charge on any atom is 0.314 e. The summed E-state index contributed by atoms with van der Waals surface area (Å²) in [7, 11) is 1.14. The second kappa shape index (κ2) is 2.75. The molecule has 0 spiro atoms. The topological polar surface area (TPSA) is 26.3 Å². The van der Waals surface area contributed by atoms with Crippen molar-refractivity contribution in [1.29, 1.82) is 0 Å². The summed E-state index contributed by atoms with van der Waals surface area (Å²) in [6, 6.07) is 0. The van der Waals surface area contributed by atoms with Crippen molar-refractivity contribution in [3.63, 3.8) is 0 Å². The van der Waals surface area contributed by atoms with E-state index < -0.39 is 17.8 Å². The number of ether oxygens (including phenoxy) is 1. The molecule has 1 rings (SSSR count). The number of methoxy groups -OCH3 is 1. The molecular weight excluding hydrogens is 154 g/mol. The Morgan fingerprint density at radius 2 is 2.27 bits per heavy atom. The van der Waals surface area contributed by atoms with Crippen molar-refractivity contribution in [3.8, 4) is 0 Å². The third kappa shape index (κ3) is 1.49. The van der Waals surface area contributed by atoms with E-state index in [4.69, 9.17) is 0 Å². The first-order valence-electron chi connectivity index (χ1n) is 3.53. The zero-order valence-corrected chi connectivity index (χ0v) is 6.27. The smallest absolute Gasteiger partial charge is 0.314 e. The van der Waals surface area contributed by atoms with Gasteiger partial charge in [0, 0.05) is 6.42 Å². The van der Waals surface area contributed by atoms with Crippen LogP contribution in [0.25, 0.3) is 0 Å². The van der Waals surface area contributed by atoms with Gasteiger partial charge < -0.3 is 4.74 Å². The Labute approximate surface area is 63.5 Å².